The molecule has 1 aromatic heterocycles. The molecule has 0 amide bonds. The highest BCUT2D eigenvalue weighted by atomic mass is 32.2. The van der Waals surface area contributed by atoms with Crippen molar-refractivity contribution in [2.45, 2.75) is 26.2 Å². The molecule has 1 aromatic rings. The molecule has 6 heteroatoms. The van der Waals surface area contributed by atoms with Crippen molar-refractivity contribution in [2.75, 3.05) is 36.2 Å². The van der Waals surface area contributed by atoms with Crippen LogP contribution in [-0.4, -0.2) is 39.8 Å². The van der Waals surface area contributed by atoms with Crippen LogP contribution in [0.4, 0.5) is 11.6 Å². The Morgan fingerprint density at radius 2 is 1.89 bits per heavy atom. The SMILES string of the molecule is CNc1cc(NCCS(C)=O)nc(C(C)(C)C)n1. The minimum Gasteiger partial charge on any atom is -0.373 e. The van der Waals surface area contributed by atoms with Gasteiger partial charge in [0.1, 0.15) is 17.5 Å². The van der Waals surface area contributed by atoms with Crippen molar-refractivity contribution in [1.82, 2.24) is 9.97 Å². The molecule has 1 unspecified atom stereocenters. The maximum atomic E-state index is 11.0. The quantitative estimate of drug-likeness (QED) is 0.851. The van der Waals surface area contributed by atoms with Gasteiger partial charge in [0.2, 0.25) is 0 Å². The number of hydrogen-bond acceptors (Lipinski definition) is 5. The van der Waals surface area contributed by atoms with Gasteiger partial charge in [-0.1, -0.05) is 20.8 Å². The van der Waals surface area contributed by atoms with E-state index in [1.807, 2.05) is 13.1 Å². The first-order chi connectivity index (χ1) is 8.32. The van der Waals surface area contributed by atoms with Crippen LogP contribution in [0, 0.1) is 0 Å². The molecule has 2 N–H and O–H groups in total. The summed E-state index contributed by atoms with van der Waals surface area (Å²) < 4.78 is 11.0. The molecule has 0 aliphatic heterocycles. The number of nitrogens with one attached hydrogen (secondary N) is 2. The van der Waals surface area contributed by atoms with E-state index in [1.54, 1.807) is 6.26 Å². The van der Waals surface area contributed by atoms with Crippen LogP contribution in [0.25, 0.3) is 0 Å². The van der Waals surface area contributed by atoms with Crippen molar-refractivity contribution >= 4 is 22.4 Å². The molecule has 1 rings (SSSR count). The summed E-state index contributed by atoms with van der Waals surface area (Å²) in [6.45, 7) is 6.87. The lowest BCUT2D eigenvalue weighted by Crippen LogP contribution is -2.19. The fourth-order valence-corrected chi connectivity index (χ4v) is 1.71. The summed E-state index contributed by atoms with van der Waals surface area (Å²) in [6.07, 6.45) is 1.70. The highest BCUT2D eigenvalue weighted by molar-refractivity contribution is 7.84. The van der Waals surface area contributed by atoms with E-state index in [4.69, 9.17) is 0 Å². The third-order valence-electron chi connectivity index (χ3n) is 2.35. The summed E-state index contributed by atoms with van der Waals surface area (Å²) >= 11 is 0. The fraction of sp³-hybridized carbons (Fsp3) is 0.667. The molecule has 0 aliphatic rings. The van der Waals surface area contributed by atoms with Crippen LogP contribution in [-0.2, 0) is 16.2 Å². The van der Waals surface area contributed by atoms with Gasteiger partial charge in [0.25, 0.3) is 0 Å². The Kier molecular flexibility index (Phi) is 5.07. The number of rotatable bonds is 5. The van der Waals surface area contributed by atoms with Crippen LogP contribution >= 0.6 is 0 Å². The number of hydrogen-bond donors (Lipinski definition) is 2. The maximum Gasteiger partial charge on any atom is 0.138 e. The van der Waals surface area contributed by atoms with E-state index in [0.717, 1.165) is 17.5 Å². The summed E-state index contributed by atoms with van der Waals surface area (Å²) in [7, 11) is 1.04. The van der Waals surface area contributed by atoms with Crippen LogP contribution in [0.15, 0.2) is 6.07 Å². The smallest absolute Gasteiger partial charge is 0.138 e. The molecule has 0 saturated carbocycles. The normalized spacial score (nSPS) is 13.2. The lowest BCUT2D eigenvalue weighted by molar-refractivity contribution is 0.547. The van der Waals surface area contributed by atoms with E-state index < -0.39 is 10.8 Å². The maximum absolute atomic E-state index is 11.0. The van der Waals surface area contributed by atoms with Crippen LogP contribution < -0.4 is 10.6 Å². The predicted molar refractivity (Wildman–Crippen MR) is 77.7 cm³/mol. The van der Waals surface area contributed by atoms with Gasteiger partial charge in [0, 0.05) is 47.9 Å². The van der Waals surface area contributed by atoms with Crippen LogP contribution in [0.1, 0.15) is 26.6 Å². The Bertz CT molecular complexity index is 429. The molecule has 18 heavy (non-hydrogen) atoms. The van der Waals surface area contributed by atoms with Crippen molar-refractivity contribution in [2.24, 2.45) is 0 Å². The van der Waals surface area contributed by atoms with E-state index in [1.165, 1.54) is 0 Å². The molecule has 0 aromatic carbocycles. The van der Waals surface area contributed by atoms with Crippen LogP contribution in [0.3, 0.4) is 0 Å². The molecular weight excluding hydrogens is 248 g/mol. The molecule has 0 saturated heterocycles. The Morgan fingerprint density at radius 3 is 2.39 bits per heavy atom. The van der Waals surface area contributed by atoms with Crippen LogP contribution in [0.5, 0.6) is 0 Å². The average molecular weight is 270 g/mol. The van der Waals surface area contributed by atoms with Gasteiger partial charge in [-0.2, -0.15) is 0 Å². The number of aromatic nitrogens is 2. The van der Waals surface area contributed by atoms with Crippen molar-refractivity contribution < 1.29 is 4.21 Å². The highest BCUT2D eigenvalue weighted by Gasteiger charge is 2.18. The first-order valence-electron chi connectivity index (χ1n) is 5.94. The zero-order valence-electron chi connectivity index (χ0n) is 11.7. The second-order valence-corrected chi connectivity index (χ2v) is 6.72. The van der Waals surface area contributed by atoms with Crippen molar-refractivity contribution in [3.63, 3.8) is 0 Å². The van der Waals surface area contributed by atoms with Gasteiger partial charge >= 0.3 is 0 Å². The van der Waals surface area contributed by atoms with E-state index in [2.05, 4.69) is 41.4 Å². The van der Waals surface area contributed by atoms with Gasteiger partial charge < -0.3 is 10.6 Å². The van der Waals surface area contributed by atoms with E-state index in [9.17, 15) is 4.21 Å². The van der Waals surface area contributed by atoms with Gasteiger partial charge in [0.15, 0.2) is 0 Å². The number of nitrogens with zero attached hydrogens (tertiary/aromatic N) is 2. The number of anilines is 2. The molecule has 0 bridgehead atoms. The van der Waals surface area contributed by atoms with Crippen molar-refractivity contribution in [3.8, 4) is 0 Å². The van der Waals surface area contributed by atoms with E-state index in [0.29, 0.717) is 12.3 Å². The predicted octanol–water partition coefficient (Wildman–Crippen LogP) is 1.61. The summed E-state index contributed by atoms with van der Waals surface area (Å²) in [5, 5.41) is 6.21. The highest BCUT2D eigenvalue weighted by Crippen LogP contribution is 2.21. The standard InChI is InChI=1S/C12H22N4OS/c1-12(2,3)11-15-9(13-4)8-10(16-11)14-6-7-18(5)17/h8H,6-7H2,1-5H3,(H2,13,14,15,16). The zero-order valence-corrected chi connectivity index (χ0v) is 12.5. The minimum atomic E-state index is -0.790. The Morgan fingerprint density at radius 1 is 1.28 bits per heavy atom. The minimum absolute atomic E-state index is 0.100. The largest absolute Gasteiger partial charge is 0.373 e. The molecule has 1 atom stereocenters. The summed E-state index contributed by atoms with van der Waals surface area (Å²) in [5.74, 6) is 2.96. The molecular formula is C12H22N4OS. The molecule has 0 aliphatic carbocycles. The molecule has 0 radical (unpaired) electrons. The van der Waals surface area contributed by atoms with Crippen LogP contribution in [0.2, 0.25) is 0 Å². The monoisotopic (exact) mass is 270 g/mol. The fourth-order valence-electron chi connectivity index (χ4n) is 1.32. The lowest BCUT2D eigenvalue weighted by atomic mass is 9.96. The van der Waals surface area contributed by atoms with Gasteiger partial charge in [-0.05, 0) is 0 Å². The van der Waals surface area contributed by atoms with Crippen molar-refractivity contribution in [3.05, 3.63) is 11.9 Å². The van der Waals surface area contributed by atoms with Gasteiger partial charge in [-0.3, -0.25) is 4.21 Å². The van der Waals surface area contributed by atoms with Gasteiger partial charge in [-0.15, -0.1) is 0 Å². The molecule has 102 valence electrons. The topological polar surface area (TPSA) is 66.9 Å². The van der Waals surface area contributed by atoms with Gasteiger partial charge in [-0.25, -0.2) is 9.97 Å². The molecule has 1 heterocycles. The first kappa shape index (κ1) is 14.9. The summed E-state index contributed by atoms with van der Waals surface area (Å²) in [6, 6.07) is 1.85. The molecule has 0 fully saturated rings. The van der Waals surface area contributed by atoms with Gasteiger partial charge in [0.05, 0.1) is 0 Å². The Balaban J connectivity index is 2.87. The van der Waals surface area contributed by atoms with E-state index >= 15 is 0 Å². The second-order valence-electron chi connectivity index (χ2n) is 5.17. The Hall–Kier alpha value is -1.17. The Labute approximate surface area is 111 Å². The average Bonchev–Trinajstić information content (AvgIpc) is 2.27. The summed E-state index contributed by atoms with van der Waals surface area (Å²) in [5.41, 5.74) is -0.100. The molecule has 5 nitrogen and oxygen atoms in total. The third-order valence-corrected chi connectivity index (χ3v) is 3.13. The first-order valence-corrected chi connectivity index (χ1v) is 7.67. The van der Waals surface area contributed by atoms with Crippen molar-refractivity contribution in [1.29, 1.82) is 0 Å². The molecule has 0 spiro atoms. The second kappa shape index (κ2) is 6.13. The third kappa shape index (κ3) is 4.60. The zero-order chi connectivity index (χ0) is 13.8. The summed E-state index contributed by atoms with van der Waals surface area (Å²) in [4.78, 5) is 8.93. The lowest BCUT2D eigenvalue weighted by Gasteiger charge is -2.18. The van der Waals surface area contributed by atoms with E-state index in [-0.39, 0.29) is 5.41 Å².